The fourth-order valence-electron chi connectivity index (χ4n) is 2.58. The average molecular weight is 258 g/mol. The summed E-state index contributed by atoms with van der Waals surface area (Å²) in [5.41, 5.74) is 0.955. The second-order valence-electron chi connectivity index (χ2n) is 4.73. The lowest BCUT2D eigenvalue weighted by Gasteiger charge is -2.19. The van der Waals surface area contributed by atoms with E-state index in [1.807, 2.05) is 4.90 Å². The van der Waals surface area contributed by atoms with Crippen LogP contribution in [-0.2, 0) is 4.79 Å². The lowest BCUT2D eigenvalue weighted by atomic mass is 10.1. The molecule has 1 amide bonds. The van der Waals surface area contributed by atoms with E-state index >= 15 is 0 Å². The van der Waals surface area contributed by atoms with Crippen LogP contribution in [0.5, 0.6) is 5.75 Å². The predicted octanol–water partition coefficient (Wildman–Crippen LogP) is 1.93. The van der Waals surface area contributed by atoms with Gasteiger partial charge in [0.05, 0.1) is 11.6 Å². The van der Waals surface area contributed by atoms with Crippen molar-refractivity contribution in [3.8, 4) is 5.75 Å². The smallest absolute Gasteiger partial charge is 0.308 e. The molecule has 0 radical (unpaired) electrons. The van der Waals surface area contributed by atoms with Crippen molar-refractivity contribution in [1.82, 2.24) is 4.90 Å². The first-order valence-corrected chi connectivity index (χ1v) is 6.33. The van der Waals surface area contributed by atoms with E-state index in [9.17, 15) is 9.59 Å². The molecule has 0 bridgehead atoms. The molecule has 0 aromatic heterocycles. The van der Waals surface area contributed by atoms with Gasteiger partial charge in [0.15, 0.2) is 5.75 Å². The number of carbonyl (C=O) groups excluding carboxylic acids is 2. The Bertz CT molecular complexity index is 580. The largest absolute Gasteiger partial charge is 0.424 e. The number of para-hydroxylation sites is 1. The molecule has 1 aromatic carbocycles. The van der Waals surface area contributed by atoms with Crippen LogP contribution in [0.2, 0.25) is 0 Å². The zero-order valence-corrected chi connectivity index (χ0v) is 10.6. The monoisotopic (exact) mass is 258 g/mol. The number of ether oxygens (including phenoxy) is 1. The Labute approximate surface area is 110 Å². The van der Waals surface area contributed by atoms with Gasteiger partial charge in [-0.3, -0.25) is 14.6 Å². The van der Waals surface area contributed by atoms with Crippen LogP contribution in [0.1, 0.15) is 30.1 Å². The van der Waals surface area contributed by atoms with E-state index < -0.39 is 5.97 Å². The van der Waals surface area contributed by atoms with Gasteiger partial charge >= 0.3 is 5.97 Å². The summed E-state index contributed by atoms with van der Waals surface area (Å²) in [6.45, 7) is 2.09. The second-order valence-corrected chi connectivity index (χ2v) is 4.73. The minimum atomic E-state index is -0.416. The fraction of sp³-hybridized carbons (Fsp3) is 0.357. The Kier molecular flexibility index (Phi) is 2.81. The van der Waals surface area contributed by atoms with E-state index in [-0.39, 0.29) is 11.9 Å². The Morgan fingerprint density at radius 2 is 2.32 bits per heavy atom. The number of esters is 1. The highest BCUT2D eigenvalue weighted by atomic mass is 16.5. The number of hydrogen-bond donors (Lipinski definition) is 0. The summed E-state index contributed by atoms with van der Waals surface area (Å²) in [5.74, 6) is -0.111. The molecular formula is C14H14N2O3. The molecule has 0 aliphatic carbocycles. The van der Waals surface area contributed by atoms with E-state index in [4.69, 9.17) is 4.74 Å². The molecule has 0 N–H and O–H groups in total. The number of amides is 1. The molecule has 1 atom stereocenters. The molecule has 98 valence electrons. The molecular weight excluding hydrogens is 244 g/mol. The van der Waals surface area contributed by atoms with E-state index in [0.717, 1.165) is 19.4 Å². The van der Waals surface area contributed by atoms with Crippen LogP contribution in [0.3, 0.4) is 0 Å². The summed E-state index contributed by atoms with van der Waals surface area (Å²) in [6.07, 6.45) is 3.72. The maximum Gasteiger partial charge on any atom is 0.308 e. The normalized spacial score (nSPS) is 20.8. The predicted molar refractivity (Wildman–Crippen MR) is 70.0 cm³/mol. The lowest BCUT2D eigenvalue weighted by molar-refractivity contribution is -0.131. The minimum Gasteiger partial charge on any atom is -0.424 e. The Balaban J connectivity index is 2.08. The molecule has 5 nitrogen and oxygen atoms in total. The lowest BCUT2D eigenvalue weighted by Crippen LogP contribution is -2.35. The highest BCUT2D eigenvalue weighted by molar-refractivity contribution is 6.04. The second kappa shape index (κ2) is 4.50. The van der Waals surface area contributed by atoms with Gasteiger partial charge in [-0.2, -0.15) is 0 Å². The van der Waals surface area contributed by atoms with Gasteiger partial charge in [0, 0.05) is 19.7 Å². The minimum absolute atomic E-state index is 0.0380. The maximum absolute atomic E-state index is 12.5. The van der Waals surface area contributed by atoms with Gasteiger partial charge in [-0.05, 0) is 25.0 Å². The van der Waals surface area contributed by atoms with Crippen LogP contribution in [0.25, 0.3) is 0 Å². The fourth-order valence-corrected chi connectivity index (χ4v) is 2.58. The van der Waals surface area contributed by atoms with E-state index in [0.29, 0.717) is 17.0 Å². The van der Waals surface area contributed by atoms with Crippen molar-refractivity contribution in [2.75, 3.05) is 6.54 Å². The zero-order valence-electron chi connectivity index (χ0n) is 10.6. The Morgan fingerprint density at radius 1 is 1.47 bits per heavy atom. The summed E-state index contributed by atoms with van der Waals surface area (Å²) < 4.78 is 5.12. The number of benzene rings is 1. The van der Waals surface area contributed by atoms with Crippen LogP contribution in [0.4, 0.5) is 5.69 Å². The molecule has 2 aliphatic rings. The number of hydrogen-bond acceptors (Lipinski definition) is 4. The van der Waals surface area contributed by atoms with Gasteiger partial charge in [-0.25, -0.2) is 0 Å². The molecule has 2 heterocycles. The van der Waals surface area contributed by atoms with Crippen LogP contribution in [0.15, 0.2) is 23.2 Å². The highest BCUT2D eigenvalue weighted by Gasteiger charge is 2.32. The molecule has 5 heteroatoms. The first-order valence-electron chi connectivity index (χ1n) is 6.33. The van der Waals surface area contributed by atoms with Crippen LogP contribution < -0.4 is 4.74 Å². The molecule has 19 heavy (non-hydrogen) atoms. The highest BCUT2D eigenvalue weighted by Crippen LogP contribution is 2.35. The van der Waals surface area contributed by atoms with Crippen molar-refractivity contribution >= 4 is 23.8 Å². The summed E-state index contributed by atoms with van der Waals surface area (Å²) in [4.78, 5) is 29.7. The molecule has 0 saturated carbocycles. The van der Waals surface area contributed by atoms with Gasteiger partial charge in [0.1, 0.15) is 5.69 Å². The van der Waals surface area contributed by atoms with Crippen molar-refractivity contribution in [2.45, 2.75) is 25.8 Å². The molecule has 3 rings (SSSR count). The van der Waals surface area contributed by atoms with Crippen molar-refractivity contribution in [2.24, 2.45) is 4.99 Å². The zero-order chi connectivity index (χ0) is 13.4. The van der Waals surface area contributed by atoms with E-state index in [1.165, 1.54) is 6.92 Å². The van der Waals surface area contributed by atoms with Gasteiger partial charge in [0.2, 0.25) is 0 Å². The van der Waals surface area contributed by atoms with Crippen molar-refractivity contribution in [1.29, 1.82) is 0 Å². The van der Waals surface area contributed by atoms with Crippen molar-refractivity contribution in [3.05, 3.63) is 23.8 Å². The van der Waals surface area contributed by atoms with Crippen LogP contribution >= 0.6 is 0 Å². The first kappa shape index (κ1) is 11.9. The van der Waals surface area contributed by atoms with E-state index in [1.54, 1.807) is 24.4 Å². The molecule has 1 saturated heterocycles. The Morgan fingerprint density at radius 3 is 3.11 bits per heavy atom. The number of carbonyl (C=O) groups is 2. The van der Waals surface area contributed by atoms with Crippen LogP contribution in [0, 0.1) is 0 Å². The van der Waals surface area contributed by atoms with Gasteiger partial charge in [0.25, 0.3) is 5.91 Å². The Hall–Kier alpha value is -2.17. The van der Waals surface area contributed by atoms with Crippen molar-refractivity contribution < 1.29 is 14.3 Å². The third-order valence-corrected chi connectivity index (χ3v) is 3.42. The average Bonchev–Trinajstić information content (AvgIpc) is 2.79. The first-order chi connectivity index (χ1) is 9.16. The molecule has 1 fully saturated rings. The molecule has 1 unspecified atom stereocenters. The standard InChI is InChI=1S/C14H14N2O3/c1-9(17)19-12-6-2-5-11-13(12)15-8-10-4-3-7-16(10)14(11)18/h2,5-6,8,10H,3-4,7H2,1H3. The van der Waals surface area contributed by atoms with Gasteiger partial charge in [-0.15, -0.1) is 0 Å². The SMILES string of the molecule is CC(=O)Oc1cccc2c1N=CC1CCCN1C2=O. The topological polar surface area (TPSA) is 59.0 Å². The third kappa shape index (κ3) is 2.01. The third-order valence-electron chi connectivity index (χ3n) is 3.42. The number of nitrogens with zero attached hydrogens (tertiary/aromatic N) is 2. The summed E-state index contributed by atoms with van der Waals surface area (Å²) in [7, 11) is 0. The van der Waals surface area contributed by atoms with Crippen LogP contribution in [-0.4, -0.2) is 35.6 Å². The number of aliphatic imine (C=N–C) groups is 1. The van der Waals surface area contributed by atoms with Crippen molar-refractivity contribution in [3.63, 3.8) is 0 Å². The molecule has 0 spiro atoms. The number of rotatable bonds is 1. The van der Waals surface area contributed by atoms with E-state index in [2.05, 4.69) is 4.99 Å². The number of fused-ring (bicyclic) bond motifs is 2. The van der Waals surface area contributed by atoms with Gasteiger partial charge < -0.3 is 9.64 Å². The summed E-state index contributed by atoms with van der Waals surface area (Å²) in [5, 5.41) is 0. The molecule has 1 aromatic rings. The summed E-state index contributed by atoms with van der Waals surface area (Å²) in [6, 6.07) is 5.15. The van der Waals surface area contributed by atoms with Gasteiger partial charge in [-0.1, -0.05) is 6.07 Å². The molecule has 2 aliphatic heterocycles. The quantitative estimate of drug-likeness (QED) is 0.571. The maximum atomic E-state index is 12.5. The summed E-state index contributed by atoms with van der Waals surface area (Å²) >= 11 is 0.